The zero-order valence-corrected chi connectivity index (χ0v) is 11.2. The van der Waals surface area contributed by atoms with Gasteiger partial charge in [0.15, 0.2) is 11.9 Å². The standard InChI is InChI=1S/C13H14Cl2O3/c14-8-2-1-7-13(18,12(17)9-16)10-3-5-11(15)6-4-10/h3-6,9,18H,1-2,7-8H2. The summed E-state index contributed by atoms with van der Waals surface area (Å²) in [6.07, 6.45) is 1.54. The Balaban J connectivity index is 2.99. The third kappa shape index (κ3) is 3.55. The summed E-state index contributed by atoms with van der Waals surface area (Å²) in [6, 6.07) is 6.23. The molecule has 1 atom stereocenters. The first-order valence-electron chi connectivity index (χ1n) is 5.58. The number of hydrogen-bond acceptors (Lipinski definition) is 3. The molecule has 18 heavy (non-hydrogen) atoms. The molecule has 1 rings (SSSR count). The van der Waals surface area contributed by atoms with Crippen LogP contribution in [0.3, 0.4) is 0 Å². The van der Waals surface area contributed by atoms with Crippen LogP contribution < -0.4 is 0 Å². The Morgan fingerprint density at radius 1 is 1.28 bits per heavy atom. The van der Waals surface area contributed by atoms with Crippen molar-refractivity contribution in [3.8, 4) is 0 Å². The van der Waals surface area contributed by atoms with E-state index in [1.807, 2.05) is 0 Å². The van der Waals surface area contributed by atoms with Crippen molar-refractivity contribution in [2.75, 3.05) is 5.88 Å². The van der Waals surface area contributed by atoms with E-state index in [0.717, 1.165) is 0 Å². The van der Waals surface area contributed by atoms with Crippen molar-refractivity contribution < 1.29 is 14.7 Å². The average Bonchev–Trinajstić information content (AvgIpc) is 2.38. The van der Waals surface area contributed by atoms with E-state index in [4.69, 9.17) is 23.2 Å². The molecule has 0 aliphatic rings. The molecule has 1 aromatic rings. The number of aliphatic hydroxyl groups is 1. The number of halogens is 2. The van der Waals surface area contributed by atoms with Gasteiger partial charge < -0.3 is 5.11 Å². The van der Waals surface area contributed by atoms with Crippen molar-refractivity contribution in [2.24, 2.45) is 0 Å². The number of alkyl halides is 1. The van der Waals surface area contributed by atoms with Gasteiger partial charge in [-0.05, 0) is 37.0 Å². The van der Waals surface area contributed by atoms with Gasteiger partial charge in [-0.15, -0.1) is 11.6 Å². The van der Waals surface area contributed by atoms with Crippen LogP contribution in [0.25, 0.3) is 0 Å². The molecule has 98 valence electrons. The lowest BCUT2D eigenvalue weighted by atomic mass is 9.85. The van der Waals surface area contributed by atoms with E-state index in [-0.39, 0.29) is 12.7 Å². The number of carbonyl (C=O) groups is 2. The summed E-state index contributed by atoms with van der Waals surface area (Å²) in [5.41, 5.74) is -1.41. The Hall–Kier alpha value is -0.900. The van der Waals surface area contributed by atoms with Gasteiger partial charge in [0.05, 0.1) is 0 Å². The number of carbonyl (C=O) groups excluding carboxylic acids is 2. The third-order valence-electron chi connectivity index (χ3n) is 2.76. The van der Waals surface area contributed by atoms with E-state index in [9.17, 15) is 14.7 Å². The molecule has 0 aromatic heterocycles. The monoisotopic (exact) mass is 288 g/mol. The van der Waals surface area contributed by atoms with Gasteiger partial charge in [-0.2, -0.15) is 0 Å². The maximum atomic E-state index is 11.6. The first kappa shape index (κ1) is 15.2. The zero-order valence-electron chi connectivity index (χ0n) is 9.73. The number of unbranched alkanes of at least 4 members (excludes halogenated alkanes) is 1. The SMILES string of the molecule is O=CC(=O)C(O)(CCCCCl)c1ccc(Cl)cc1. The predicted molar refractivity (Wildman–Crippen MR) is 71.0 cm³/mol. The molecule has 0 aliphatic heterocycles. The quantitative estimate of drug-likeness (QED) is 0.363. The summed E-state index contributed by atoms with van der Waals surface area (Å²) < 4.78 is 0. The summed E-state index contributed by atoms with van der Waals surface area (Å²) in [4.78, 5) is 22.3. The van der Waals surface area contributed by atoms with Crippen molar-refractivity contribution in [3.63, 3.8) is 0 Å². The van der Waals surface area contributed by atoms with Crippen molar-refractivity contribution in [2.45, 2.75) is 24.9 Å². The van der Waals surface area contributed by atoms with Crippen LogP contribution in [0.4, 0.5) is 0 Å². The molecule has 1 N–H and O–H groups in total. The van der Waals surface area contributed by atoms with Crippen LogP contribution in [-0.4, -0.2) is 23.1 Å². The highest BCUT2D eigenvalue weighted by atomic mass is 35.5. The van der Waals surface area contributed by atoms with E-state index in [2.05, 4.69) is 0 Å². The highest BCUT2D eigenvalue weighted by molar-refractivity contribution is 6.31. The molecule has 0 heterocycles. The molecule has 0 bridgehead atoms. The molecule has 5 heteroatoms. The Morgan fingerprint density at radius 3 is 2.39 bits per heavy atom. The van der Waals surface area contributed by atoms with Crippen molar-refractivity contribution >= 4 is 35.3 Å². The van der Waals surface area contributed by atoms with Gasteiger partial charge in [0.1, 0.15) is 0 Å². The molecule has 0 saturated heterocycles. The van der Waals surface area contributed by atoms with Gasteiger partial charge in [-0.3, -0.25) is 9.59 Å². The molecule has 3 nitrogen and oxygen atoms in total. The molecule has 0 spiro atoms. The smallest absolute Gasteiger partial charge is 0.231 e. The number of hydrogen-bond donors (Lipinski definition) is 1. The maximum Gasteiger partial charge on any atom is 0.231 e. The minimum Gasteiger partial charge on any atom is -0.377 e. The molecular weight excluding hydrogens is 275 g/mol. The molecule has 0 aliphatic carbocycles. The van der Waals surface area contributed by atoms with Crippen LogP contribution in [0.2, 0.25) is 5.02 Å². The van der Waals surface area contributed by atoms with E-state index >= 15 is 0 Å². The van der Waals surface area contributed by atoms with E-state index in [1.165, 1.54) is 0 Å². The highest BCUT2D eigenvalue weighted by Crippen LogP contribution is 2.29. The van der Waals surface area contributed by atoms with Crippen molar-refractivity contribution in [1.82, 2.24) is 0 Å². The van der Waals surface area contributed by atoms with Crippen LogP contribution in [-0.2, 0) is 15.2 Å². The predicted octanol–water partition coefficient (Wildman–Crippen LogP) is 2.70. The first-order chi connectivity index (χ1) is 8.54. The number of Topliss-reactive ketones (excluding diaryl/α,β-unsaturated/α-hetero) is 1. The fourth-order valence-corrected chi connectivity index (χ4v) is 2.02. The second-order valence-corrected chi connectivity index (χ2v) is 4.81. The summed E-state index contributed by atoms with van der Waals surface area (Å²) >= 11 is 11.3. The van der Waals surface area contributed by atoms with Gasteiger partial charge in [0, 0.05) is 10.9 Å². The van der Waals surface area contributed by atoms with Gasteiger partial charge in [-0.1, -0.05) is 23.7 Å². The lowest BCUT2D eigenvalue weighted by Gasteiger charge is -2.25. The first-order valence-corrected chi connectivity index (χ1v) is 6.50. The summed E-state index contributed by atoms with van der Waals surface area (Å²) in [5, 5.41) is 10.9. The molecule has 0 amide bonds. The fourth-order valence-electron chi connectivity index (χ4n) is 1.71. The molecule has 0 fully saturated rings. The Labute approximate surface area is 116 Å². The minimum atomic E-state index is -1.78. The Morgan fingerprint density at radius 2 is 1.89 bits per heavy atom. The topological polar surface area (TPSA) is 54.4 Å². The van der Waals surface area contributed by atoms with Crippen LogP contribution in [0.15, 0.2) is 24.3 Å². The highest BCUT2D eigenvalue weighted by Gasteiger charge is 2.36. The van der Waals surface area contributed by atoms with Crippen LogP contribution in [0, 0.1) is 0 Å². The lowest BCUT2D eigenvalue weighted by molar-refractivity contribution is -0.144. The molecule has 1 unspecified atom stereocenters. The third-order valence-corrected chi connectivity index (χ3v) is 3.28. The number of rotatable bonds is 7. The summed E-state index contributed by atoms with van der Waals surface area (Å²) in [6.45, 7) is 0. The van der Waals surface area contributed by atoms with E-state index in [1.54, 1.807) is 24.3 Å². The van der Waals surface area contributed by atoms with Gasteiger partial charge in [0.2, 0.25) is 5.78 Å². The number of ketones is 1. The minimum absolute atomic E-state index is 0.148. The Bertz CT molecular complexity index is 417. The molecular formula is C13H14Cl2O3. The van der Waals surface area contributed by atoms with Crippen molar-refractivity contribution in [1.29, 1.82) is 0 Å². The number of aldehydes is 1. The average molecular weight is 289 g/mol. The van der Waals surface area contributed by atoms with Gasteiger partial charge >= 0.3 is 0 Å². The van der Waals surface area contributed by atoms with Gasteiger partial charge in [0.25, 0.3) is 0 Å². The summed E-state index contributed by atoms with van der Waals surface area (Å²) in [7, 11) is 0. The fraction of sp³-hybridized carbons (Fsp3) is 0.385. The van der Waals surface area contributed by atoms with Crippen LogP contribution in [0.1, 0.15) is 24.8 Å². The van der Waals surface area contributed by atoms with Gasteiger partial charge in [-0.25, -0.2) is 0 Å². The normalized spacial score (nSPS) is 13.9. The number of benzene rings is 1. The maximum absolute atomic E-state index is 11.6. The summed E-state index contributed by atoms with van der Waals surface area (Å²) in [5.74, 6) is -0.397. The Kier molecular flexibility index (Phi) is 5.79. The zero-order chi connectivity index (χ0) is 13.6. The lowest BCUT2D eigenvalue weighted by Crippen LogP contribution is -2.36. The van der Waals surface area contributed by atoms with E-state index in [0.29, 0.717) is 29.3 Å². The molecule has 0 radical (unpaired) electrons. The second-order valence-electron chi connectivity index (χ2n) is 4.00. The molecule has 0 saturated carbocycles. The van der Waals surface area contributed by atoms with Crippen LogP contribution in [0.5, 0.6) is 0 Å². The van der Waals surface area contributed by atoms with Crippen molar-refractivity contribution in [3.05, 3.63) is 34.9 Å². The second kappa shape index (κ2) is 6.88. The van der Waals surface area contributed by atoms with Crippen LogP contribution >= 0.6 is 23.2 Å². The van der Waals surface area contributed by atoms with E-state index < -0.39 is 11.4 Å². The molecule has 1 aromatic carbocycles. The largest absolute Gasteiger partial charge is 0.377 e.